The number of anilines is 1. The van der Waals surface area contributed by atoms with E-state index in [-0.39, 0.29) is 5.56 Å². The number of carboxylic acids is 1. The van der Waals surface area contributed by atoms with Crippen LogP contribution < -0.4 is 10.1 Å². The van der Waals surface area contributed by atoms with Gasteiger partial charge in [-0.05, 0) is 48.0 Å². The normalized spacial score (nSPS) is 10.7. The van der Waals surface area contributed by atoms with Gasteiger partial charge in [-0.15, -0.1) is 0 Å². The first-order valence-electron chi connectivity index (χ1n) is 8.20. The van der Waals surface area contributed by atoms with Crippen LogP contribution in [0.5, 0.6) is 5.75 Å². The molecule has 0 aliphatic heterocycles. The minimum absolute atomic E-state index is 0.146. The maximum atomic E-state index is 14.0. The van der Waals surface area contributed by atoms with E-state index in [0.717, 1.165) is 12.1 Å². The number of aromatic nitrogens is 1. The summed E-state index contributed by atoms with van der Waals surface area (Å²) in [7, 11) is 0. The standard InChI is InChI=1S/C20H15F3N2O3/c21-16-10-12(6-7-17(16)28-20(22)23)18-14(4-2-8-24-18)11-25-15-5-1-3-13(9-15)19(26)27/h1-10,20,25H,11H2,(H,26,27). The molecule has 0 saturated carbocycles. The highest BCUT2D eigenvalue weighted by molar-refractivity contribution is 5.88. The number of alkyl halides is 2. The first kappa shape index (κ1) is 19.2. The van der Waals surface area contributed by atoms with E-state index >= 15 is 0 Å². The number of rotatable bonds is 7. The minimum Gasteiger partial charge on any atom is -0.478 e. The van der Waals surface area contributed by atoms with Crippen LogP contribution >= 0.6 is 0 Å². The van der Waals surface area contributed by atoms with Crippen LogP contribution in [0.2, 0.25) is 0 Å². The molecule has 0 unspecified atom stereocenters. The van der Waals surface area contributed by atoms with Gasteiger partial charge in [0.2, 0.25) is 0 Å². The molecule has 0 atom stereocenters. The molecule has 28 heavy (non-hydrogen) atoms. The Balaban J connectivity index is 1.83. The number of hydrogen-bond donors (Lipinski definition) is 2. The number of halogens is 3. The van der Waals surface area contributed by atoms with Crippen molar-refractivity contribution in [2.45, 2.75) is 13.2 Å². The summed E-state index contributed by atoms with van der Waals surface area (Å²) in [5.41, 5.74) is 2.32. The van der Waals surface area contributed by atoms with E-state index in [9.17, 15) is 18.0 Å². The molecule has 3 aromatic rings. The van der Waals surface area contributed by atoms with Gasteiger partial charge in [0, 0.05) is 24.0 Å². The number of nitrogens with zero attached hydrogens (tertiary/aromatic N) is 1. The number of benzene rings is 2. The maximum Gasteiger partial charge on any atom is 0.387 e. The largest absolute Gasteiger partial charge is 0.478 e. The third-order valence-corrected chi connectivity index (χ3v) is 3.91. The smallest absolute Gasteiger partial charge is 0.387 e. The molecule has 0 aliphatic rings. The van der Waals surface area contributed by atoms with Gasteiger partial charge in [0.15, 0.2) is 11.6 Å². The second-order valence-corrected chi connectivity index (χ2v) is 5.77. The van der Waals surface area contributed by atoms with Crippen molar-refractivity contribution in [1.29, 1.82) is 0 Å². The van der Waals surface area contributed by atoms with Crippen molar-refractivity contribution in [2.24, 2.45) is 0 Å². The van der Waals surface area contributed by atoms with Crippen LogP contribution in [0.3, 0.4) is 0 Å². The Morgan fingerprint density at radius 2 is 1.96 bits per heavy atom. The van der Waals surface area contributed by atoms with E-state index in [2.05, 4.69) is 15.0 Å². The molecule has 0 amide bonds. The zero-order chi connectivity index (χ0) is 20.1. The number of hydrogen-bond acceptors (Lipinski definition) is 4. The summed E-state index contributed by atoms with van der Waals surface area (Å²) in [6.07, 6.45) is 1.53. The van der Waals surface area contributed by atoms with Crippen molar-refractivity contribution in [3.8, 4) is 17.0 Å². The number of pyridine rings is 1. The fraction of sp³-hybridized carbons (Fsp3) is 0.100. The number of carbonyl (C=O) groups is 1. The maximum absolute atomic E-state index is 14.0. The first-order chi connectivity index (χ1) is 13.4. The summed E-state index contributed by atoms with van der Waals surface area (Å²) in [6.45, 7) is -2.82. The Morgan fingerprint density at radius 3 is 2.68 bits per heavy atom. The third-order valence-electron chi connectivity index (χ3n) is 3.91. The molecular weight excluding hydrogens is 373 g/mol. The summed E-state index contributed by atoms with van der Waals surface area (Å²) >= 11 is 0. The van der Waals surface area contributed by atoms with E-state index in [1.54, 1.807) is 24.3 Å². The Morgan fingerprint density at radius 1 is 1.14 bits per heavy atom. The zero-order valence-corrected chi connectivity index (χ0v) is 14.4. The second-order valence-electron chi connectivity index (χ2n) is 5.77. The Labute approximate surface area is 158 Å². The molecule has 3 rings (SSSR count). The van der Waals surface area contributed by atoms with E-state index in [1.807, 2.05) is 0 Å². The van der Waals surface area contributed by atoms with Crippen LogP contribution in [0, 0.1) is 5.82 Å². The predicted octanol–water partition coefficient (Wildman–Crippen LogP) is 4.80. The van der Waals surface area contributed by atoms with E-state index < -0.39 is 24.1 Å². The van der Waals surface area contributed by atoms with Crippen LogP contribution in [0.1, 0.15) is 15.9 Å². The molecule has 1 heterocycles. The molecule has 1 aromatic heterocycles. The highest BCUT2D eigenvalue weighted by Gasteiger charge is 2.13. The average molecular weight is 388 g/mol. The molecular formula is C20H15F3N2O3. The molecule has 8 heteroatoms. The van der Waals surface area contributed by atoms with Crippen molar-refractivity contribution < 1.29 is 27.8 Å². The molecule has 0 bridgehead atoms. The molecule has 0 aliphatic carbocycles. The summed E-state index contributed by atoms with van der Waals surface area (Å²) in [5, 5.41) is 12.2. The molecule has 0 radical (unpaired) electrons. The monoisotopic (exact) mass is 388 g/mol. The quantitative estimate of drug-likeness (QED) is 0.608. The van der Waals surface area contributed by atoms with Crippen molar-refractivity contribution >= 4 is 11.7 Å². The lowest BCUT2D eigenvalue weighted by Crippen LogP contribution is -2.05. The Hall–Kier alpha value is -3.55. The summed E-state index contributed by atoms with van der Waals surface area (Å²) in [5.74, 6) is -2.50. The molecule has 2 N–H and O–H groups in total. The summed E-state index contributed by atoms with van der Waals surface area (Å²) in [4.78, 5) is 15.3. The van der Waals surface area contributed by atoms with Crippen molar-refractivity contribution in [1.82, 2.24) is 4.98 Å². The summed E-state index contributed by atoms with van der Waals surface area (Å²) < 4.78 is 42.7. The van der Waals surface area contributed by atoms with Gasteiger partial charge in [0.25, 0.3) is 0 Å². The van der Waals surface area contributed by atoms with Gasteiger partial charge in [-0.3, -0.25) is 4.98 Å². The van der Waals surface area contributed by atoms with Crippen LogP contribution in [-0.2, 0) is 6.54 Å². The zero-order valence-electron chi connectivity index (χ0n) is 14.4. The van der Waals surface area contributed by atoms with Gasteiger partial charge in [0.1, 0.15) is 0 Å². The fourth-order valence-corrected chi connectivity index (χ4v) is 2.64. The van der Waals surface area contributed by atoms with Gasteiger partial charge >= 0.3 is 12.6 Å². The molecule has 5 nitrogen and oxygen atoms in total. The lowest BCUT2D eigenvalue weighted by atomic mass is 10.1. The average Bonchev–Trinajstić information content (AvgIpc) is 2.68. The Kier molecular flexibility index (Phi) is 5.78. The lowest BCUT2D eigenvalue weighted by molar-refractivity contribution is -0.0521. The van der Waals surface area contributed by atoms with Crippen molar-refractivity contribution in [2.75, 3.05) is 5.32 Å². The molecule has 0 saturated heterocycles. The fourth-order valence-electron chi connectivity index (χ4n) is 2.64. The number of nitrogens with one attached hydrogen (secondary N) is 1. The van der Waals surface area contributed by atoms with Gasteiger partial charge in [-0.1, -0.05) is 12.1 Å². The van der Waals surface area contributed by atoms with E-state index in [0.29, 0.717) is 29.1 Å². The molecule has 0 spiro atoms. The van der Waals surface area contributed by atoms with E-state index in [4.69, 9.17) is 5.11 Å². The molecule has 0 fully saturated rings. The first-order valence-corrected chi connectivity index (χ1v) is 8.20. The van der Waals surface area contributed by atoms with Gasteiger partial charge in [-0.2, -0.15) is 8.78 Å². The van der Waals surface area contributed by atoms with Gasteiger partial charge < -0.3 is 15.2 Å². The van der Waals surface area contributed by atoms with Gasteiger partial charge in [0.05, 0.1) is 11.3 Å². The lowest BCUT2D eigenvalue weighted by Gasteiger charge is -2.12. The number of aromatic carboxylic acids is 1. The topological polar surface area (TPSA) is 71.5 Å². The third kappa shape index (κ3) is 4.59. The van der Waals surface area contributed by atoms with Crippen LogP contribution in [0.15, 0.2) is 60.8 Å². The van der Waals surface area contributed by atoms with Crippen LogP contribution in [-0.4, -0.2) is 22.7 Å². The van der Waals surface area contributed by atoms with Gasteiger partial charge in [-0.25, -0.2) is 9.18 Å². The SMILES string of the molecule is O=C(O)c1cccc(NCc2cccnc2-c2ccc(OC(F)F)c(F)c2)c1. The van der Waals surface area contributed by atoms with Crippen molar-refractivity contribution in [3.63, 3.8) is 0 Å². The highest BCUT2D eigenvalue weighted by Crippen LogP contribution is 2.28. The molecule has 2 aromatic carbocycles. The Bertz CT molecular complexity index is 996. The molecule has 144 valence electrons. The second kappa shape index (κ2) is 8.43. The minimum atomic E-state index is -3.11. The number of carboxylic acid groups (broad SMARTS) is 1. The van der Waals surface area contributed by atoms with Crippen molar-refractivity contribution in [3.05, 3.63) is 77.7 Å². The van der Waals surface area contributed by atoms with Crippen LogP contribution in [0.25, 0.3) is 11.3 Å². The predicted molar refractivity (Wildman–Crippen MR) is 97.0 cm³/mol. The highest BCUT2D eigenvalue weighted by atomic mass is 19.3. The van der Waals surface area contributed by atoms with E-state index in [1.165, 1.54) is 24.4 Å². The number of ether oxygens (including phenoxy) is 1. The summed E-state index contributed by atoms with van der Waals surface area (Å²) in [6, 6.07) is 13.4. The van der Waals surface area contributed by atoms with Crippen LogP contribution in [0.4, 0.5) is 18.9 Å².